The van der Waals surface area contributed by atoms with Crippen LogP contribution in [-0.4, -0.2) is 9.13 Å². The van der Waals surface area contributed by atoms with E-state index in [1.54, 1.807) is 0 Å². The molecule has 32 heavy (non-hydrogen) atoms. The van der Waals surface area contributed by atoms with E-state index in [2.05, 4.69) is 108 Å². The van der Waals surface area contributed by atoms with Gasteiger partial charge in [-0.2, -0.15) is 0 Å². The second kappa shape index (κ2) is 7.56. The number of hydrogen-bond donors (Lipinski definition) is 0. The predicted octanol–water partition coefficient (Wildman–Crippen LogP) is 8.00. The van der Waals surface area contributed by atoms with Gasteiger partial charge in [0.25, 0.3) is 0 Å². The fourth-order valence-corrected chi connectivity index (χ4v) is 5.36. The molecular weight excluding hydrogens is 388 g/mol. The lowest BCUT2D eigenvalue weighted by Gasteiger charge is -2.10. The highest BCUT2D eigenvalue weighted by atomic mass is 15.0. The maximum atomic E-state index is 2.52. The van der Waals surface area contributed by atoms with Gasteiger partial charge in [-0.05, 0) is 63.1 Å². The van der Waals surface area contributed by atoms with Gasteiger partial charge < -0.3 is 9.13 Å². The molecule has 0 aliphatic heterocycles. The first-order chi connectivity index (χ1) is 15.7. The molecule has 0 spiro atoms. The van der Waals surface area contributed by atoms with Crippen molar-refractivity contribution in [3.8, 4) is 0 Å². The number of aromatic nitrogens is 2. The molecule has 2 heteroatoms. The van der Waals surface area contributed by atoms with Crippen molar-refractivity contribution in [3.05, 3.63) is 96.1 Å². The highest BCUT2D eigenvalue weighted by molar-refractivity contribution is 6.09. The molecule has 0 amide bonds. The third kappa shape index (κ3) is 3.02. The largest absolute Gasteiger partial charge is 0.340 e. The number of nitrogens with zero attached hydrogens (tertiary/aromatic N) is 2. The third-order valence-corrected chi connectivity index (χ3v) is 6.87. The van der Waals surface area contributed by atoms with Crippen molar-refractivity contribution < 1.29 is 0 Å². The molecule has 0 N–H and O–H groups in total. The number of aryl methyl sites for hydroxylation is 4. The summed E-state index contributed by atoms with van der Waals surface area (Å²) in [6.07, 6.45) is 2.31. The van der Waals surface area contributed by atoms with Crippen LogP contribution in [0.25, 0.3) is 43.6 Å². The molecule has 0 saturated carbocycles. The van der Waals surface area contributed by atoms with Crippen LogP contribution in [0.4, 0.5) is 0 Å². The molecule has 0 aliphatic rings. The number of para-hydroxylation sites is 2. The zero-order valence-electron chi connectivity index (χ0n) is 18.8. The van der Waals surface area contributed by atoms with E-state index in [-0.39, 0.29) is 0 Å². The van der Waals surface area contributed by atoms with Gasteiger partial charge in [0.2, 0.25) is 0 Å². The van der Waals surface area contributed by atoms with Crippen molar-refractivity contribution in [3.63, 3.8) is 0 Å². The first kappa shape index (κ1) is 19.2. The Labute approximate surface area is 188 Å². The van der Waals surface area contributed by atoms with E-state index in [0.717, 1.165) is 25.9 Å². The van der Waals surface area contributed by atoms with E-state index in [4.69, 9.17) is 0 Å². The molecule has 2 heterocycles. The first-order valence-corrected chi connectivity index (χ1v) is 11.7. The Bertz CT molecular complexity index is 1480. The van der Waals surface area contributed by atoms with Crippen LogP contribution in [0.3, 0.4) is 0 Å². The predicted molar refractivity (Wildman–Crippen MR) is 138 cm³/mol. The topological polar surface area (TPSA) is 9.86 Å². The molecular formula is C30H28N2. The van der Waals surface area contributed by atoms with Crippen molar-refractivity contribution in [2.45, 2.75) is 39.8 Å². The summed E-state index contributed by atoms with van der Waals surface area (Å²) < 4.78 is 5.03. The Morgan fingerprint density at radius 2 is 0.875 bits per heavy atom. The number of rotatable bonds is 5. The minimum Gasteiger partial charge on any atom is -0.340 e. The van der Waals surface area contributed by atoms with Crippen molar-refractivity contribution in [2.75, 3.05) is 0 Å². The highest BCUT2D eigenvalue weighted by Crippen LogP contribution is 2.32. The summed E-state index contributed by atoms with van der Waals surface area (Å²) in [5, 5.41) is 5.48. The molecule has 0 unspecified atom stereocenters. The van der Waals surface area contributed by atoms with Gasteiger partial charge in [-0.15, -0.1) is 0 Å². The molecule has 0 bridgehead atoms. The number of benzene rings is 4. The molecule has 0 aliphatic carbocycles. The first-order valence-electron chi connectivity index (χ1n) is 11.7. The molecule has 6 rings (SSSR count). The maximum Gasteiger partial charge on any atom is 0.0491 e. The van der Waals surface area contributed by atoms with Gasteiger partial charge in [-0.1, -0.05) is 59.7 Å². The van der Waals surface area contributed by atoms with Crippen LogP contribution in [-0.2, 0) is 13.1 Å². The van der Waals surface area contributed by atoms with Gasteiger partial charge in [0, 0.05) is 56.7 Å². The molecule has 4 aromatic carbocycles. The average molecular weight is 417 g/mol. The van der Waals surface area contributed by atoms with Gasteiger partial charge in [0.15, 0.2) is 0 Å². The minimum atomic E-state index is 1.04. The second-order valence-corrected chi connectivity index (χ2v) is 9.09. The van der Waals surface area contributed by atoms with Gasteiger partial charge in [-0.3, -0.25) is 0 Å². The van der Waals surface area contributed by atoms with Gasteiger partial charge in [-0.25, -0.2) is 0 Å². The van der Waals surface area contributed by atoms with Crippen molar-refractivity contribution in [1.29, 1.82) is 0 Å². The lowest BCUT2D eigenvalue weighted by molar-refractivity contribution is 0.583. The highest BCUT2D eigenvalue weighted by Gasteiger charge is 2.12. The van der Waals surface area contributed by atoms with Crippen molar-refractivity contribution in [1.82, 2.24) is 9.13 Å². The lowest BCUT2D eigenvalue weighted by atomic mass is 10.1. The summed E-state index contributed by atoms with van der Waals surface area (Å²) in [6.45, 7) is 6.46. The van der Waals surface area contributed by atoms with E-state index in [9.17, 15) is 0 Å². The summed E-state index contributed by atoms with van der Waals surface area (Å²) in [5.74, 6) is 0. The van der Waals surface area contributed by atoms with Crippen LogP contribution in [0.2, 0.25) is 0 Å². The van der Waals surface area contributed by atoms with Crippen LogP contribution < -0.4 is 0 Å². The van der Waals surface area contributed by atoms with Crippen LogP contribution in [0, 0.1) is 13.8 Å². The monoisotopic (exact) mass is 416 g/mol. The second-order valence-electron chi connectivity index (χ2n) is 9.09. The maximum absolute atomic E-state index is 2.52. The quantitative estimate of drug-likeness (QED) is 0.252. The molecule has 0 fully saturated rings. The van der Waals surface area contributed by atoms with Gasteiger partial charge >= 0.3 is 0 Å². The lowest BCUT2D eigenvalue weighted by Crippen LogP contribution is -2.02. The van der Waals surface area contributed by atoms with Crippen molar-refractivity contribution >= 4 is 43.6 Å². The molecule has 0 saturated heterocycles. The van der Waals surface area contributed by atoms with Crippen LogP contribution in [0.15, 0.2) is 84.9 Å². The molecule has 0 atom stereocenters. The molecule has 0 radical (unpaired) electrons. The average Bonchev–Trinajstić information content (AvgIpc) is 3.29. The molecule has 2 nitrogen and oxygen atoms in total. The Balaban J connectivity index is 1.31. The fourth-order valence-electron chi connectivity index (χ4n) is 5.36. The molecule has 158 valence electrons. The Morgan fingerprint density at radius 3 is 1.34 bits per heavy atom. The van der Waals surface area contributed by atoms with Gasteiger partial charge in [0.1, 0.15) is 0 Å². The number of fused-ring (bicyclic) bond motifs is 6. The van der Waals surface area contributed by atoms with Crippen molar-refractivity contribution in [2.24, 2.45) is 0 Å². The van der Waals surface area contributed by atoms with E-state index in [0.29, 0.717) is 0 Å². The fraction of sp³-hybridized carbons (Fsp3) is 0.200. The van der Waals surface area contributed by atoms with Crippen LogP contribution in [0.1, 0.15) is 24.0 Å². The van der Waals surface area contributed by atoms with E-state index >= 15 is 0 Å². The molecule has 2 aromatic heterocycles. The van der Waals surface area contributed by atoms with Gasteiger partial charge in [0.05, 0.1) is 0 Å². The standard InChI is InChI=1S/C30H28N2/c1-21-13-15-29-25(19-21)26-20-22(2)14-16-30(26)32(29)18-8-7-17-31-27-11-5-3-9-23(27)24-10-4-6-12-28(24)31/h3-6,9-16,19-20H,7-8,17-18H2,1-2H3. The summed E-state index contributed by atoms with van der Waals surface area (Å²) in [7, 11) is 0. The SMILES string of the molecule is Cc1ccc2c(c1)c1cc(C)ccc1n2CCCCn1c2ccccc2c2ccccc21. The summed E-state index contributed by atoms with van der Waals surface area (Å²) in [4.78, 5) is 0. The summed E-state index contributed by atoms with van der Waals surface area (Å²) in [6, 6.07) is 31.4. The Morgan fingerprint density at radius 1 is 0.469 bits per heavy atom. The van der Waals surface area contributed by atoms with E-state index in [1.165, 1.54) is 54.7 Å². The number of unbranched alkanes of at least 4 members (excludes halogenated alkanes) is 1. The Hall–Kier alpha value is -3.52. The minimum absolute atomic E-state index is 1.04. The zero-order chi connectivity index (χ0) is 21.7. The summed E-state index contributed by atoms with van der Waals surface area (Å²) >= 11 is 0. The van der Waals surface area contributed by atoms with Crippen LogP contribution in [0.5, 0.6) is 0 Å². The Kier molecular flexibility index (Phi) is 4.53. The normalized spacial score (nSPS) is 11.9. The van der Waals surface area contributed by atoms with E-state index in [1.807, 2.05) is 0 Å². The molecule has 6 aromatic rings. The van der Waals surface area contributed by atoms with Crippen LogP contribution >= 0.6 is 0 Å². The third-order valence-electron chi connectivity index (χ3n) is 6.87. The van der Waals surface area contributed by atoms with E-state index < -0.39 is 0 Å². The number of hydrogen-bond acceptors (Lipinski definition) is 0. The summed E-state index contributed by atoms with van der Waals surface area (Å²) in [5.41, 5.74) is 8.04. The smallest absolute Gasteiger partial charge is 0.0491 e. The zero-order valence-corrected chi connectivity index (χ0v) is 18.8.